The van der Waals surface area contributed by atoms with E-state index in [0.29, 0.717) is 16.4 Å². The van der Waals surface area contributed by atoms with Gasteiger partial charge in [-0.2, -0.15) is 0 Å². The van der Waals surface area contributed by atoms with Gasteiger partial charge >= 0.3 is 5.97 Å². The molecule has 2 aromatic heterocycles. The zero-order valence-corrected chi connectivity index (χ0v) is 13.8. The summed E-state index contributed by atoms with van der Waals surface area (Å²) in [5, 5.41) is 4.94. The van der Waals surface area contributed by atoms with Crippen LogP contribution in [0, 0.1) is 20.8 Å². The molecule has 0 atom stereocenters. The maximum Gasteiger partial charge on any atom is 0.377 e. The van der Waals surface area contributed by atoms with Crippen molar-refractivity contribution in [3.05, 3.63) is 57.6 Å². The number of hydrogen-bond acceptors (Lipinski definition) is 5. The highest BCUT2D eigenvalue weighted by atomic mass is 35.5. The van der Waals surface area contributed by atoms with Crippen molar-refractivity contribution >= 4 is 28.5 Å². The summed E-state index contributed by atoms with van der Waals surface area (Å²) in [5.41, 5.74) is 4.36. The van der Waals surface area contributed by atoms with E-state index >= 15 is 0 Å². The second-order valence-electron chi connectivity index (χ2n) is 5.43. The van der Waals surface area contributed by atoms with E-state index in [9.17, 15) is 4.79 Å². The average Bonchev–Trinajstić information content (AvgIpc) is 2.96. The van der Waals surface area contributed by atoms with Crippen molar-refractivity contribution in [1.29, 1.82) is 0 Å². The number of nitrogens with zero attached hydrogens (tertiary/aromatic N) is 2. The Hall–Kier alpha value is -2.40. The van der Waals surface area contributed by atoms with Crippen LogP contribution in [0.1, 0.15) is 32.9 Å². The van der Waals surface area contributed by atoms with Crippen LogP contribution >= 0.6 is 11.6 Å². The molecule has 0 N–H and O–H groups in total. The number of pyridine rings is 1. The third-order valence-electron chi connectivity index (χ3n) is 3.73. The van der Waals surface area contributed by atoms with E-state index in [2.05, 4.69) is 10.1 Å². The van der Waals surface area contributed by atoms with Gasteiger partial charge in [0.25, 0.3) is 0 Å². The molecular formula is C17H15ClN2O3. The van der Waals surface area contributed by atoms with E-state index in [-0.39, 0.29) is 12.4 Å². The molecule has 0 unspecified atom stereocenters. The third-order valence-corrected chi connectivity index (χ3v) is 4.05. The lowest BCUT2D eigenvalue weighted by Crippen LogP contribution is -2.05. The fourth-order valence-electron chi connectivity index (χ4n) is 2.28. The quantitative estimate of drug-likeness (QED) is 0.533. The number of benzene rings is 1. The van der Waals surface area contributed by atoms with Crippen molar-refractivity contribution in [3.63, 3.8) is 0 Å². The van der Waals surface area contributed by atoms with Crippen molar-refractivity contribution in [2.45, 2.75) is 27.4 Å². The van der Waals surface area contributed by atoms with Crippen molar-refractivity contribution < 1.29 is 14.1 Å². The Morgan fingerprint density at radius 2 is 2.04 bits per heavy atom. The van der Waals surface area contributed by atoms with Crippen LogP contribution in [0.15, 0.2) is 28.8 Å². The maximum atomic E-state index is 11.9. The molecule has 0 aliphatic rings. The lowest BCUT2D eigenvalue weighted by molar-refractivity contribution is 0.0426. The van der Waals surface area contributed by atoms with Crippen molar-refractivity contribution in [2.75, 3.05) is 0 Å². The number of hydrogen-bond donors (Lipinski definition) is 0. The van der Waals surface area contributed by atoms with E-state index in [4.69, 9.17) is 20.9 Å². The molecule has 0 saturated carbocycles. The number of carbonyl (C=O) groups is 1. The van der Waals surface area contributed by atoms with E-state index in [1.54, 1.807) is 6.92 Å². The summed E-state index contributed by atoms with van der Waals surface area (Å²) in [7, 11) is 0. The highest BCUT2D eigenvalue weighted by Gasteiger charge is 2.15. The predicted octanol–water partition coefficient (Wildman–Crippen LogP) is 4.16. The maximum absolute atomic E-state index is 11.9. The molecule has 0 fully saturated rings. The molecule has 118 valence electrons. The molecule has 1 aromatic carbocycles. The normalized spacial score (nSPS) is 11.0. The van der Waals surface area contributed by atoms with Crippen LogP contribution in [-0.2, 0) is 11.3 Å². The minimum Gasteiger partial charge on any atom is -0.455 e. The minimum atomic E-state index is -0.582. The van der Waals surface area contributed by atoms with Crippen molar-refractivity contribution in [2.24, 2.45) is 0 Å². The summed E-state index contributed by atoms with van der Waals surface area (Å²) in [6.45, 7) is 5.79. The first kappa shape index (κ1) is 15.5. The first-order valence-electron chi connectivity index (χ1n) is 7.11. The SMILES string of the molecule is Cc1cc(C(=O)OCc2cc3ccc(C)c(C)c3nc2Cl)on1. The van der Waals surface area contributed by atoms with Crippen LogP contribution in [0.4, 0.5) is 0 Å². The Bertz CT molecular complexity index is 902. The molecule has 0 bridgehead atoms. The van der Waals surface area contributed by atoms with E-state index in [0.717, 1.165) is 22.0 Å². The van der Waals surface area contributed by atoms with Gasteiger partial charge in [0, 0.05) is 17.0 Å². The molecule has 6 heteroatoms. The van der Waals surface area contributed by atoms with Gasteiger partial charge in [0.15, 0.2) is 0 Å². The molecule has 23 heavy (non-hydrogen) atoms. The number of carbonyl (C=O) groups excluding carboxylic acids is 1. The summed E-state index contributed by atoms with van der Waals surface area (Å²) >= 11 is 6.22. The van der Waals surface area contributed by atoms with Gasteiger partial charge in [-0.05, 0) is 38.0 Å². The number of aromatic nitrogens is 2. The van der Waals surface area contributed by atoms with E-state index in [1.165, 1.54) is 6.07 Å². The largest absolute Gasteiger partial charge is 0.455 e. The first-order valence-corrected chi connectivity index (χ1v) is 7.49. The Labute approximate surface area is 138 Å². The molecule has 0 radical (unpaired) electrons. The predicted molar refractivity (Wildman–Crippen MR) is 86.6 cm³/mol. The molecule has 5 nitrogen and oxygen atoms in total. The number of aryl methyl sites for hydroxylation is 3. The fraction of sp³-hybridized carbons (Fsp3) is 0.235. The van der Waals surface area contributed by atoms with Crippen LogP contribution < -0.4 is 0 Å². The Morgan fingerprint density at radius 1 is 1.26 bits per heavy atom. The highest BCUT2D eigenvalue weighted by Crippen LogP contribution is 2.25. The Kier molecular flexibility index (Phi) is 4.05. The van der Waals surface area contributed by atoms with E-state index in [1.807, 2.05) is 32.0 Å². The van der Waals surface area contributed by atoms with Crippen LogP contribution in [-0.4, -0.2) is 16.1 Å². The van der Waals surface area contributed by atoms with Crippen LogP contribution in [0.5, 0.6) is 0 Å². The number of halogens is 1. The molecular weight excluding hydrogens is 316 g/mol. The van der Waals surface area contributed by atoms with Gasteiger partial charge in [0.1, 0.15) is 11.8 Å². The lowest BCUT2D eigenvalue weighted by atomic mass is 10.0. The topological polar surface area (TPSA) is 65.2 Å². The van der Waals surface area contributed by atoms with Gasteiger partial charge in [-0.15, -0.1) is 0 Å². The van der Waals surface area contributed by atoms with Crippen molar-refractivity contribution in [3.8, 4) is 0 Å². The van der Waals surface area contributed by atoms with Crippen LogP contribution in [0.2, 0.25) is 5.15 Å². The minimum absolute atomic E-state index is 0.0211. The van der Waals surface area contributed by atoms with E-state index < -0.39 is 5.97 Å². The molecule has 3 aromatic rings. The summed E-state index contributed by atoms with van der Waals surface area (Å²) in [5.74, 6) is -0.513. The number of rotatable bonds is 3. The molecule has 0 aliphatic carbocycles. The monoisotopic (exact) mass is 330 g/mol. The summed E-state index contributed by atoms with van der Waals surface area (Å²) < 4.78 is 10.1. The molecule has 2 heterocycles. The highest BCUT2D eigenvalue weighted by molar-refractivity contribution is 6.30. The second kappa shape index (κ2) is 6.01. The summed E-state index contributed by atoms with van der Waals surface area (Å²) in [6.07, 6.45) is 0. The number of fused-ring (bicyclic) bond motifs is 1. The van der Waals surface area contributed by atoms with Gasteiger partial charge in [0.2, 0.25) is 5.76 Å². The van der Waals surface area contributed by atoms with Crippen molar-refractivity contribution in [1.82, 2.24) is 10.1 Å². The second-order valence-corrected chi connectivity index (χ2v) is 5.78. The number of ether oxygens (including phenoxy) is 1. The summed E-state index contributed by atoms with van der Waals surface area (Å²) in [4.78, 5) is 16.3. The Balaban J connectivity index is 1.84. The molecule has 0 spiro atoms. The third kappa shape index (κ3) is 3.05. The first-order chi connectivity index (χ1) is 11.0. The van der Waals surface area contributed by atoms with Gasteiger partial charge in [-0.3, -0.25) is 0 Å². The zero-order chi connectivity index (χ0) is 16.6. The fourth-order valence-corrected chi connectivity index (χ4v) is 2.47. The van der Waals surface area contributed by atoms with Crippen LogP contribution in [0.3, 0.4) is 0 Å². The summed E-state index contributed by atoms with van der Waals surface area (Å²) in [6, 6.07) is 7.41. The lowest BCUT2D eigenvalue weighted by Gasteiger charge is -2.09. The molecule has 0 aliphatic heterocycles. The van der Waals surface area contributed by atoms with Gasteiger partial charge in [-0.25, -0.2) is 9.78 Å². The standard InChI is InChI=1S/C17H15ClN2O3/c1-9-4-5-12-7-13(16(18)19-15(12)11(9)3)8-22-17(21)14-6-10(2)20-23-14/h4-7H,8H2,1-3H3. The number of esters is 1. The van der Waals surface area contributed by atoms with Gasteiger partial charge in [0.05, 0.1) is 11.2 Å². The van der Waals surface area contributed by atoms with Crippen LogP contribution in [0.25, 0.3) is 10.9 Å². The molecule has 0 saturated heterocycles. The zero-order valence-electron chi connectivity index (χ0n) is 13.0. The molecule has 3 rings (SSSR count). The average molecular weight is 331 g/mol. The van der Waals surface area contributed by atoms with Gasteiger partial charge in [-0.1, -0.05) is 28.9 Å². The smallest absolute Gasteiger partial charge is 0.377 e. The molecule has 0 amide bonds. The Morgan fingerprint density at radius 3 is 2.74 bits per heavy atom. The van der Waals surface area contributed by atoms with Gasteiger partial charge < -0.3 is 9.26 Å².